The summed E-state index contributed by atoms with van der Waals surface area (Å²) < 4.78 is 0. The van der Waals surface area contributed by atoms with E-state index in [0.29, 0.717) is 24.4 Å². The Kier molecular flexibility index (Phi) is 4.68. The third-order valence-corrected chi connectivity index (χ3v) is 3.96. The number of benzene rings is 1. The van der Waals surface area contributed by atoms with E-state index in [1.165, 1.54) is 6.07 Å². The molecule has 0 heterocycles. The van der Waals surface area contributed by atoms with E-state index in [1.807, 2.05) is 0 Å². The van der Waals surface area contributed by atoms with E-state index in [1.54, 1.807) is 12.1 Å². The molecule has 1 aliphatic carbocycles. The third-order valence-electron chi connectivity index (χ3n) is 3.96. The molecule has 6 nitrogen and oxygen atoms in total. The average Bonchev–Trinajstić information content (AvgIpc) is 2.92. The predicted molar refractivity (Wildman–Crippen MR) is 74.9 cm³/mol. The summed E-state index contributed by atoms with van der Waals surface area (Å²) in [5.74, 6) is 0.612. The second kappa shape index (κ2) is 6.47. The zero-order valence-electron chi connectivity index (χ0n) is 11.1. The van der Waals surface area contributed by atoms with E-state index in [0.717, 1.165) is 19.3 Å². The quantitative estimate of drug-likeness (QED) is 0.473. The van der Waals surface area contributed by atoms with Crippen molar-refractivity contribution >= 4 is 17.7 Å². The molecule has 1 aromatic rings. The molecule has 2 unspecified atom stereocenters. The molecule has 2 atom stereocenters. The van der Waals surface area contributed by atoms with Crippen LogP contribution in [0.5, 0.6) is 0 Å². The fourth-order valence-electron chi connectivity index (χ4n) is 2.79. The largest absolute Gasteiger partial charge is 0.396 e. The minimum atomic E-state index is -0.493. The van der Waals surface area contributed by atoms with Gasteiger partial charge in [0.05, 0.1) is 4.92 Å². The first-order valence-electron chi connectivity index (χ1n) is 6.74. The molecule has 6 heteroatoms. The highest BCUT2D eigenvalue weighted by atomic mass is 16.6. The van der Waals surface area contributed by atoms with Gasteiger partial charge in [-0.25, -0.2) is 0 Å². The van der Waals surface area contributed by atoms with Crippen molar-refractivity contribution in [1.82, 2.24) is 0 Å². The van der Waals surface area contributed by atoms with Crippen molar-refractivity contribution in [3.63, 3.8) is 0 Å². The maximum absolute atomic E-state index is 11.0. The molecular weight excluding hydrogens is 260 g/mol. The lowest BCUT2D eigenvalue weighted by Gasteiger charge is -2.18. The van der Waals surface area contributed by atoms with Crippen molar-refractivity contribution in [1.29, 1.82) is 0 Å². The lowest BCUT2D eigenvalue weighted by atomic mass is 9.97. The molecule has 2 rings (SSSR count). The van der Waals surface area contributed by atoms with Crippen LogP contribution in [0.4, 0.5) is 11.4 Å². The average molecular weight is 278 g/mol. The molecule has 0 bridgehead atoms. The number of nitro groups is 1. The fourth-order valence-corrected chi connectivity index (χ4v) is 2.79. The van der Waals surface area contributed by atoms with Crippen LogP contribution in [-0.4, -0.2) is 29.5 Å². The van der Waals surface area contributed by atoms with Gasteiger partial charge in [0, 0.05) is 24.8 Å². The van der Waals surface area contributed by atoms with E-state index < -0.39 is 4.92 Å². The Hall–Kier alpha value is -1.95. The van der Waals surface area contributed by atoms with Crippen LogP contribution >= 0.6 is 0 Å². The Morgan fingerprint density at radius 1 is 1.40 bits per heavy atom. The van der Waals surface area contributed by atoms with E-state index in [2.05, 4.69) is 5.32 Å². The zero-order chi connectivity index (χ0) is 14.5. The van der Waals surface area contributed by atoms with Crippen LogP contribution in [0.1, 0.15) is 29.6 Å². The van der Waals surface area contributed by atoms with E-state index in [4.69, 9.17) is 0 Å². The molecule has 0 aliphatic heterocycles. The van der Waals surface area contributed by atoms with E-state index in [-0.39, 0.29) is 23.8 Å². The highest BCUT2D eigenvalue weighted by Gasteiger charge is 2.27. The van der Waals surface area contributed by atoms with Crippen molar-refractivity contribution in [2.24, 2.45) is 11.8 Å². The second-order valence-electron chi connectivity index (χ2n) is 5.17. The fraction of sp³-hybridized carbons (Fsp3) is 0.500. The van der Waals surface area contributed by atoms with Gasteiger partial charge >= 0.3 is 0 Å². The van der Waals surface area contributed by atoms with Crippen molar-refractivity contribution in [3.8, 4) is 0 Å². The minimum absolute atomic E-state index is 0.0897. The highest BCUT2D eigenvalue weighted by Crippen LogP contribution is 2.32. The summed E-state index contributed by atoms with van der Waals surface area (Å²) in [6.45, 7) is 0.769. The maximum Gasteiger partial charge on any atom is 0.293 e. The lowest BCUT2D eigenvalue weighted by molar-refractivity contribution is -0.384. The number of nitrogens with one attached hydrogen (secondary N) is 1. The molecular formula is C14H18N2O4. The molecule has 1 aliphatic rings. The molecule has 0 saturated heterocycles. The number of hydrogen-bond acceptors (Lipinski definition) is 5. The van der Waals surface area contributed by atoms with Crippen molar-refractivity contribution < 1.29 is 14.8 Å². The number of rotatable bonds is 6. The number of hydrogen-bond donors (Lipinski definition) is 2. The van der Waals surface area contributed by atoms with Crippen molar-refractivity contribution in [2.75, 3.05) is 18.5 Å². The van der Waals surface area contributed by atoms with Gasteiger partial charge in [0.2, 0.25) is 0 Å². The molecule has 20 heavy (non-hydrogen) atoms. The molecule has 2 N–H and O–H groups in total. The van der Waals surface area contributed by atoms with Gasteiger partial charge in [-0.3, -0.25) is 14.9 Å². The Bertz CT molecular complexity index is 504. The molecule has 1 aromatic carbocycles. The van der Waals surface area contributed by atoms with E-state index in [9.17, 15) is 20.0 Å². The van der Waals surface area contributed by atoms with Crippen LogP contribution < -0.4 is 5.32 Å². The molecule has 1 saturated carbocycles. The molecule has 0 aromatic heterocycles. The number of nitrogens with zero attached hydrogens (tertiary/aromatic N) is 1. The summed E-state index contributed by atoms with van der Waals surface area (Å²) in [6.07, 6.45) is 3.72. The van der Waals surface area contributed by atoms with E-state index >= 15 is 0 Å². The monoisotopic (exact) mass is 278 g/mol. The van der Waals surface area contributed by atoms with Crippen molar-refractivity contribution in [3.05, 3.63) is 33.9 Å². The Labute approximate surface area is 117 Å². The molecule has 0 amide bonds. The number of aliphatic hydroxyl groups is 1. The highest BCUT2D eigenvalue weighted by molar-refractivity contribution is 5.79. The van der Waals surface area contributed by atoms with Crippen LogP contribution in [0.2, 0.25) is 0 Å². The number of anilines is 1. The first-order chi connectivity index (χ1) is 9.65. The summed E-state index contributed by atoms with van der Waals surface area (Å²) in [4.78, 5) is 21.2. The molecule has 108 valence electrons. The summed E-state index contributed by atoms with van der Waals surface area (Å²) in [5, 5.41) is 23.4. The normalized spacial score (nSPS) is 21.6. The van der Waals surface area contributed by atoms with Crippen LogP contribution in [0.25, 0.3) is 0 Å². The molecule has 0 spiro atoms. The van der Waals surface area contributed by atoms with Gasteiger partial charge in [0.1, 0.15) is 12.0 Å². The van der Waals surface area contributed by atoms with Gasteiger partial charge in [0.15, 0.2) is 0 Å². The first kappa shape index (κ1) is 14.5. The van der Waals surface area contributed by atoms with Gasteiger partial charge in [-0.1, -0.05) is 6.42 Å². The van der Waals surface area contributed by atoms with Gasteiger partial charge < -0.3 is 10.4 Å². The Balaban J connectivity index is 2.09. The minimum Gasteiger partial charge on any atom is -0.396 e. The topological polar surface area (TPSA) is 92.5 Å². The smallest absolute Gasteiger partial charge is 0.293 e. The lowest BCUT2D eigenvalue weighted by Crippen LogP contribution is -2.21. The number of aldehydes is 1. The number of carbonyl (C=O) groups is 1. The summed E-state index contributed by atoms with van der Waals surface area (Å²) in [7, 11) is 0. The maximum atomic E-state index is 11.0. The third kappa shape index (κ3) is 3.14. The SMILES string of the molecule is O=Cc1ccc(NCC2CCCC2CO)c([N+](=O)[O-])c1. The van der Waals surface area contributed by atoms with Gasteiger partial charge in [-0.2, -0.15) is 0 Å². The zero-order valence-corrected chi connectivity index (χ0v) is 11.1. The summed E-state index contributed by atoms with van der Waals surface area (Å²) in [5.41, 5.74) is 0.619. The van der Waals surface area contributed by atoms with Crippen LogP contribution in [0, 0.1) is 22.0 Å². The predicted octanol–water partition coefficient (Wildman–Crippen LogP) is 2.23. The molecule has 0 radical (unpaired) electrons. The van der Waals surface area contributed by atoms with Gasteiger partial charge in [-0.05, 0) is 36.8 Å². The van der Waals surface area contributed by atoms with Crippen molar-refractivity contribution in [2.45, 2.75) is 19.3 Å². The van der Waals surface area contributed by atoms with Gasteiger partial charge in [-0.15, -0.1) is 0 Å². The number of aliphatic hydroxyl groups excluding tert-OH is 1. The van der Waals surface area contributed by atoms with Crippen LogP contribution in [0.15, 0.2) is 18.2 Å². The summed E-state index contributed by atoms with van der Waals surface area (Å²) >= 11 is 0. The van der Waals surface area contributed by atoms with Crippen LogP contribution in [0.3, 0.4) is 0 Å². The Morgan fingerprint density at radius 3 is 2.80 bits per heavy atom. The van der Waals surface area contributed by atoms with Crippen LogP contribution in [-0.2, 0) is 0 Å². The standard InChI is InChI=1S/C14H18N2O4/c17-8-10-4-5-13(14(6-10)16(19)20)15-7-11-2-1-3-12(11)9-18/h4-6,8,11-12,15,18H,1-3,7,9H2. The number of carbonyl (C=O) groups excluding carboxylic acids is 1. The first-order valence-corrected chi connectivity index (χ1v) is 6.74. The summed E-state index contributed by atoms with van der Waals surface area (Å²) in [6, 6.07) is 4.39. The number of nitro benzene ring substituents is 1. The van der Waals surface area contributed by atoms with Gasteiger partial charge in [0.25, 0.3) is 5.69 Å². The second-order valence-corrected chi connectivity index (χ2v) is 5.17. The Morgan fingerprint density at radius 2 is 2.15 bits per heavy atom. The molecule has 1 fully saturated rings.